The minimum atomic E-state index is -0.881. The van der Waals surface area contributed by atoms with Crippen molar-refractivity contribution in [2.45, 2.75) is 6.29 Å². The van der Waals surface area contributed by atoms with Gasteiger partial charge in [-0.25, -0.2) is 0 Å². The molecule has 3 heteroatoms. The number of benzene rings is 1. The molecule has 0 bridgehead atoms. The molecule has 1 aromatic carbocycles. The molecule has 0 aliphatic carbocycles. The summed E-state index contributed by atoms with van der Waals surface area (Å²) in [7, 11) is 1.42. The molecule has 1 aromatic rings. The molecule has 2 N–H and O–H groups in total. The number of phenols is 1. The van der Waals surface area contributed by atoms with Crippen LogP contribution in [0.1, 0.15) is 5.56 Å². The molecule has 70 valence electrons. The maximum atomic E-state index is 9.02. The molecule has 1 atom stereocenters. The minimum absolute atomic E-state index is 0.226. The van der Waals surface area contributed by atoms with Crippen LogP contribution in [-0.2, 0) is 4.74 Å². The Morgan fingerprint density at radius 1 is 1.31 bits per heavy atom. The first-order valence-electron chi connectivity index (χ1n) is 3.90. The van der Waals surface area contributed by atoms with Gasteiger partial charge in [0.25, 0.3) is 0 Å². The lowest BCUT2D eigenvalue weighted by molar-refractivity contribution is -0.0350. The van der Waals surface area contributed by atoms with Crippen molar-refractivity contribution < 1.29 is 14.9 Å². The zero-order valence-corrected chi connectivity index (χ0v) is 7.34. The van der Waals surface area contributed by atoms with Gasteiger partial charge in [-0.1, -0.05) is 18.2 Å². The lowest BCUT2D eigenvalue weighted by Crippen LogP contribution is -2.03. The van der Waals surface area contributed by atoms with E-state index in [1.54, 1.807) is 30.3 Å². The fourth-order valence-corrected chi connectivity index (χ4v) is 0.857. The third-order valence-electron chi connectivity index (χ3n) is 1.59. The fourth-order valence-electron chi connectivity index (χ4n) is 0.857. The molecule has 1 rings (SSSR count). The molecule has 0 aliphatic heterocycles. The van der Waals surface area contributed by atoms with E-state index in [0.717, 1.165) is 5.56 Å². The number of hydrogen-bond donors (Lipinski definition) is 2. The highest BCUT2D eigenvalue weighted by atomic mass is 16.6. The second kappa shape index (κ2) is 4.64. The van der Waals surface area contributed by atoms with Gasteiger partial charge in [0, 0.05) is 7.11 Å². The Kier molecular flexibility index (Phi) is 3.49. The van der Waals surface area contributed by atoms with Gasteiger partial charge in [0.1, 0.15) is 5.75 Å². The Hall–Kier alpha value is -1.32. The SMILES string of the molecule is COC(O)C=Cc1ccc(O)cc1. The van der Waals surface area contributed by atoms with E-state index < -0.39 is 6.29 Å². The van der Waals surface area contributed by atoms with Gasteiger partial charge >= 0.3 is 0 Å². The lowest BCUT2D eigenvalue weighted by atomic mass is 10.2. The van der Waals surface area contributed by atoms with E-state index in [1.165, 1.54) is 13.2 Å². The van der Waals surface area contributed by atoms with Crippen LogP contribution in [0.15, 0.2) is 30.3 Å². The van der Waals surface area contributed by atoms with Crippen molar-refractivity contribution in [3.05, 3.63) is 35.9 Å². The van der Waals surface area contributed by atoms with Gasteiger partial charge < -0.3 is 14.9 Å². The van der Waals surface area contributed by atoms with Crippen LogP contribution in [0.2, 0.25) is 0 Å². The Morgan fingerprint density at radius 3 is 2.46 bits per heavy atom. The van der Waals surface area contributed by atoms with Gasteiger partial charge in [-0.3, -0.25) is 0 Å². The van der Waals surface area contributed by atoms with Crippen molar-refractivity contribution in [3.63, 3.8) is 0 Å². The first-order chi connectivity index (χ1) is 6.22. The molecule has 1 unspecified atom stereocenters. The number of phenolic OH excluding ortho intramolecular Hbond substituents is 1. The molecule has 0 saturated heterocycles. The molecule has 3 nitrogen and oxygen atoms in total. The van der Waals surface area contributed by atoms with Crippen molar-refractivity contribution in [1.82, 2.24) is 0 Å². The van der Waals surface area contributed by atoms with Crippen LogP contribution < -0.4 is 0 Å². The Bertz CT molecular complexity index is 277. The van der Waals surface area contributed by atoms with Crippen LogP contribution in [-0.4, -0.2) is 23.6 Å². The minimum Gasteiger partial charge on any atom is -0.508 e. The van der Waals surface area contributed by atoms with E-state index in [0.29, 0.717) is 0 Å². The Morgan fingerprint density at radius 2 is 1.92 bits per heavy atom. The Labute approximate surface area is 76.9 Å². The topological polar surface area (TPSA) is 49.7 Å². The van der Waals surface area contributed by atoms with Crippen molar-refractivity contribution in [2.75, 3.05) is 7.11 Å². The smallest absolute Gasteiger partial charge is 0.174 e. The first-order valence-corrected chi connectivity index (χ1v) is 3.90. The highest BCUT2D eigenvalue weighted by Crippen LogP contribution is 2.10. The lowest BCUT2D eigenvalue weighted by Gasteiger charge is -2.00. The molecule has 0 heterocycles. The van der Waals surface area contributed by atoms with Crippen molar-refractivity contribution >= 4 is 6.08 Å². The van der Waals surface area contributed by atoms with E-state index in [2.05, 4.69) is 4.74 Å². The van der Waals surface area contributed by atoms with Crippen LogP contribution in [0, 0.1) is 0 Å². The Balaban J connectivity index is 2.64. The fraction of sp³-hybridized carbons (Fsp3) is 0.200. The van der Waals surface area contributed by atoms with E-state index in [9.17, 15) is 0 Å². The third kappa shape index (κ3) is 3.27. The van der Waals surface area contributed by atoms with Crippen LogP contribution >= 0.6 is 0 Å². The summed E-state index contributed by atoms with van der Waals surface area (Å²) in [6, 6.07) is 6.65. The van der Waals surface area contributed by atoms with E-state index in [-0.39, 0.29) is 5.75 Å². The van der Waals surface area contributed by atoms with Crippen LogP contribution in [0.4, 0.5) is 0 Å². The number of rotatable bonds is 3. The van der Waals surface area contributed by atoms with E-state index in [4.69, 9.17) is 10.2 Å². The molecule has 0 fully saturated rings. The predicted octanol–water partition coefficient (Wildman–Crippen LogP) is 1.37. The number of aliphatic hydroxyl groups is 1. The second-order valence-electron chi connectivity index (χ2n) is 2.58. The van der Waals surface area contributed by atoms with E-state index in [1.807, 2.05) is 0 Å². The number of hydrogen-bond acceptors (Lipinski definition) is 3. The third-order valence-corrected chi connectivity index (χ3v) is 1.59. The quantitative estimate of drug-likeness (QED) is 0.691. The molecular formula is C10H12O3. The van der Waals surface area contributed by atoms with Gasteiger partial charge in [0.15, 0.2) is 6.29 Å². The highest BCUT2D eigenvalue weighted by Gasteiger charge is 1.93. The van der Waals surface area contributed by atoms with Gasteiger partial charge in [0.2, 0.25) is 0 Å². The summed E-state index contributed by atoms with van der Waals surface area (Å²) in [6.45, 7) is 0. The van der Waals surface area contributed by atoms with Crippen molar-refractivity contribution in [1.29, 1.82) is 0 Å². The molecule has 13 heavy (non-hydrogen) atoms. The largest absolute Gasteiger partial charge is 0.508 e. The monoisotopic (exact) mass is 180 g/mol. The molecule has 0 aromatic heterocycles. The number of ether oxygens (including phenoxy) is 1. The summed E-state index contributed by atoms with van der Waals surface area (Å²) in [5.74, 6) is 0.226. The number of aliphatic hydroxyl groups excluding tert-OH is 1. The average Bonchev–Trinajstić information content (AvgIpc) is 2.16. The van der Waals surface area contributed by atoms with Crippen LogP contribution in [0.25, 0.3) is 6.08 Å². The maximum Gasteiger partial charge on any atom is 0.174 e. The summed E-state index contributed by atoms with van der Waals surface area (Å²) < 4.78 is 4.61. The summed E-state index contributed by atoms with van der Waals surface area (Å²) in [5.41, 5.74) is 0.897. The first kappa shape index (κ1) is 9.77. The van der Waals surface area contributed by atoms with Crippen molar-refractivity contribution in [2.24, 2.45) is 0 Å². The van der Waals surface area contributed by atoms with Gasteiger partial charge in [-0.15, -0.1) is 0 Å². The van der Waals surface area contributed by atoms with Gasteiger partial charge in [-0.2, -0.15) is 0 Å². The standard InChI is InChI=1S/C10H12O3/c1-13-10(12)7-4-8-2-5-9(11)6-3-8/h2-7,10-12H,1H3. The summed E-state index contributed by atoms with van der Waals surface area (Å²) in [5, 5.41) is 18.0. The molecule has 0 saturated carbocycles. The van der Waals surface area contributed by atoms with Crippen LogP contribution in [0.3, 0.4) is 0 Å². The molecule has 0 radical (unpaired) electrons. The normalized spacial score (nSPS) is 13.4. The van der Waals surface area contributed by atoms with Crippen LogP contribution in [0.5, 0.6) is 5.75 Å². The summed E-state index contributed by atoms with van der Waals surface area (Å²) in [4.78, 5) is 0. The molecule has 0 amide bonds. The summed E-state index contributed by atoms with van der Waals surface area (Å²) in [6.07, 6.45) is 2.36. The van der Waals surface area contributed by atoms with Gasteiger partial charge in [-0.05, 0) is 23.8 Å². The van der Waals surface area contributed by atoms with E-state index >= 15 is 0 Å². The molecule has 0 aliphatic rings. The summed E-state index contributed by atoms with van der Waals surface area (Å²) >= 11 is 0. The zero-order valence-electron chi connectivity index (χ0n) is 7.34. The molecular weight excluding hydrogens is 168 g/mol. The van der Waals surface area contributed by atoms with Crippen molar-refractivity contribution in [3.8, 4) is 5.75 Å². The van der Waals surface area contributed by atoms with Gasteiger partial charge in [0.05, 0.1) is 0 Å². The number of methoxy groups -OCH3 is 1. The molecule has 0 spiro atoms. The highest BCUT2D eigenvalue weighted by molar-refractivity contribution is 5.50. The average molecular weight is 180 g/mol. The number of aromatic hydroxyl groups is 1. The predicted molar refractivity (Wildman–Crippen MR) is 50.2 cm³/mol. The second-order valence-corrected chi connectivity index (χ2v) is 2.58. The maximum absolute atomic E-state index is 9.02. The zero-order chi connectivity index (χ0) is 9.68.